The molecule has 3 aromatic carbocycles. The summed E-state index contributed by atoms with van der Waals surface area (Å²) in [6.45, 7) is 4.61. The third kappa shape index (κ3) is 6.82. The molecule has 0 aromatic heterocycles. The van der Waals surface area contributed by atoms with Gasteiger partial charge in [-0.2, -0.15) is 0 Å². The van der Waals surface area contributed by atoms with E-state index in [0.29, 0.717) is 31.6 Å². The van der Waals surface area contributed by atoms with Crippen LogP contribution < -0.4 is 14.9 Å². The fourth-order valence-electron chi connectivity index (χ4n) is 4.67. The average molecular weight is 554 g/mol. The summed E-state index contributed by atoms with van der Waals surface area (Å²) in [6.07, 6.45) is 1.33. The summed E-state index contributed by atoms with van der Waals surface area (Å²) in [5.74, 6) is -2.08. The maximum atomic E-state index is 14.2. The van der Waals surface area contributed by atoms with Crippen molar-refractivity contribution < 1.29 is 27.1 Å². The third-order valence-corrected chi connectivity index (χ3v) is 8.21. The van der Waals surface area contributed by atoms with Gasteiger partial charge >= 0.3 is 5.97 Å². The Bertz CT molecular complexity index is 1430. The number of benzene rings is 3. The molecule has 2 N–H and O–H groups in total. The standard InChI is InChI=1S/C29H32FN3O5S/c1-3-38-29(35)22-12-9-17-33(19-22)26-16-15-23(31-28(34)24-13-7-8-14-25(24)30)18-27(26)39(36,37)32-20(2)21-10-5-4-6-11-21/h4-8,10-11,13-16,18,20,22,32H,3,9,12,17,19H2,1-2H3,(H,31,34)/t20-,22+/m1/s1. The number of nitrogens with zero attached hydrogens (tertiary/aromatic N) is 1. The highest BCUT2D eigenvalue weighted by Gasteiger charge is 2.31. The van der Waals surface area contributed by atoms with E-state index in [1.807, 2.05) is 35.2 Å². The number of hydrogen-bond donors (Lipinski definition) is 2. The summed E-state index contributed by atoms with van der Waals surface area (Å²) < 4.78 is 49.6. The lowest BCUT2D eigenvalue weighted by atomic mass is 9.97. The summed E-state index contributed by atoms with van der Waals surface area (Å²) in [5.41, 5.74) is 1.22. The fraction of sp³-hybridized carbons (Fsp3) is 0.310. The van der Waals surface area contributed by atoms with E-state index in [0.717, 1.165) is 5.56 Å². The van der Waals surface area contributed by atoms with Crippen molar-refractivity contribution in [3.05, 3.63) is 89.7 Å². The van der Waals surface area contributed by atoms with Crippen molar-refractivity contribution >= 4 is 33.3 Å². The van der Waals surface area contributed by atoms with Crippen LogP contribution in [0.2, 0.25) is 0 Å². The first kappa shape index (κ1) is 28.3. The Kier molecular flexibility index (Phi) is 8.98. The smallest absolute Gasteiger partial charge is 0.310 e. The molecule has 0 saturated carbocycles. The first-order chi connectivity index (χ1) is 18.7. The van der Waals surface area contributed by atoms with E-state index in [1.165, 1.54) is 24.3 Å². The molecule has 1 aliphatic heterocycles. The molecule has 0 aliphatic carbocycles. The van der Waals surface area contributed by atoms with Gasteiger partial charge in [-0.15, -0.1) is 0 Å². The number of sulfonamides is 1. The monoisotopic (exact) mass is 553 g/mol. The first-order valence-corrected chi connectivity index (χ1v) is 14.4. The van der Waals surface area contributed by atoms with Crippen LogP contribution >= 0.6 is 0 Å². The largest absolute Gasteiger partial charge is 0.466 e. The summed E-state index contributed by atoms with van der Waals surface area (Å²) in [7, 11) is -4.10. The molecule has 8 nitrogen and oxygen atoms in total. The fourth-order valence-corrected chi connectivity index (χ4v) is 6.15. The molecular weight excluding hydrogens is 521 g/mol. The van der Waals surface area contributed by atoms with Crippen LogP contribution in [0, 0.1) is 11.7 Å². The normalized spacial score (nSPS) is 16.4. The van der Waals surface area contributed by atoms with E-state index >= 15 is 0 Å². The van der Waals surface area contributed by atoms with Crippen LogP contribution in [0.4, 0.5) is 15.8 Å². The molecule has 3 aromatic rings. The van der Waals surface area contributed by atoms with Crippen molar-refractivity contribution in [2.75, 3.05) is 29.9 Å². The maximum absolute atomic E-state index is 14.2. The SMILES string of the molecule is CCOC(=O)[C@H]1CCCN(c2ccc(NC(=O)c3ccccc3F)cc2S(=O)(=O)N[C@H](C)c2ccccc2)C1. The predicted molar refractivity (Wildman–Crippen MR) is 148 cm³/mol. The molecule has 10 heteroatoms. The van der Waals surface area contributed by atoms with Gasteiger partial charge in [0.15, 0.2) is 0 Å². The van der Waals surface area contributed by atoms with Crippen molar-refractivity contribution in [2.24, 2.45) is 5.92 Å². The van der Waals surface area contributed by atoms with Crippen molar-refractivity contribution in [3.63, 3.8) is 0 Å². The van der Waals surface area contributed by atoms with Gasteiger partial charge in [0.2, 0.25) is 10.0 Å². The average Bonchev–Trinajstić information content (AvgIpc) is 2.93. The van der Waals surface area contributed by atoms with E-state index < -0.39 is 27.8 Å². The third-order valence-electron chi connectivity index (χ3n) is 6.64. The molecule has 0 bridgehead atoms. The van der Waals surface area contributed by atoms with Gasteiger partial charge in [0.05, 0.1) is 23.8 Å². The number of nitrogens with one attached hydrogen (secondary N) is 2. The second kappa shape index (κ2) is 12.4. The summed E-state index contributed by atoms with van der Waals surface area (Å²) in [5, 5.41) is 2.61. The molecule has 1 fully saturated rings. The Morgan fingerprint density at radius 3 is 2.51 bits per heavy atom. The number of hydrogen-bond acceptors (Lipinski definition) is 6. The number of anilines is 2. The van der Waals surface area contributed by atoms with Gasteiger partial charge in [0, 0.05) is 24.8 Å². The zero-order valence-corrected chi connectivity index (χ0v) is 22.7. The molecule has 4 rings (SSSR count). The Hall–Kier alpha value is -3.76. The number of ether oxygens (including phenoxy) is 1. The molecule has 1 saturated heterocycles. The lowest BCUT2D eigenvalue weighted by Crippen LogP contribution is -2.40. The highest BCUT2D eigenvalue weighted by atomic mass is 32.2. The summed E-state index contributed by atoms with van der Waals surface area (Å²) in [6, 6.07) is 18.7. The highest BCUT2D eigenvalue weighted by Crippen LogP contribution is 2.33. The Labute approximate surface area is 228 Å². The maximum Gasteiger partial charge on any atom is 0.310 e. The number of amides is 1. The lowest BCUT2D eigenvalue weighted by Gasteiger charge is -2.34. The molecule has 0 radical (unpaired) electrons. The molecule has 1 heterocycles. The number of piperidine rings is 1. The Morgan fingerprint density at radius 1 is 1.08 bits per heavy atom. The Morgan fingerprint density at radius 2 is 1.79 bits per heavy atom. The molecule has 1 aliphatic rings. The van der Waals surface area contributed by atoms with Crippen LogP contribution in [0.15, 0.2) is 77.7 Å². The minimum absolute atomic E-state index is 0.0545. The quantitative estimate of drug-likeness (QED) is 0.366. The van der Waals surface area contributed by atoms with Crippen LogP contribution in [0.5, 0.6) is 0 Å². The van der Waals surface area contributed by atoms with Gasteiger partial charge in [0.25, 0.3) is 5.91 Å². The Balaban J connectivity index is 1.69. The van der Waals surface area contributed by atoms with Gasteiger partial charge in [0.1, 0.15) is 10.7 Å². The van der Waals surface area contributed by atoms with Gasteiger partial charge in [-0.05, 0) is 62.6 Å². The molecule has 206 valence electrons. The number of halogens is 1. The van der Waals surface area contributed by atoms with Gasteiger partial charge in [-0.1, -0.05) is 42.5 Å². The van der Waals surface area contributed by atoms with Crippen molar-refractivity contribution in [2.45, 2.75) is 37.6 Å². The lowest BCUT2D eigenvalue weighted by molar-refractivity contribution is -0.148. The predicted octanol–water partition coefficient (Wildman–Crippen LogP) is 4.90. The molecule has 0 unspecified atom stereocenters. The van der Waals surface area contributed by atoms with Crippen molar-refractivity contribution in [3.8, 4) is 0 Å². The number of esters is 1. The van der Waals surface area contributed by atoms with Crippen molar-refractivity contribution in [1.29, 1.82) is 0 Å². The van der Waals surface area contributed by atoms with Crippen molar-refractivity contribution in [1.82, 2.24) is 4.72 Å². The van der Waals surface area contributed by atoms with E-state index in [9.17, 15) is 22.4 Å². The number of carbonyl (C=O) groups excluding carboxylic acids is 2. The van der Waals surface area contributed by atoms with E-state index in [2.05, 4.69) is 10.0 Å². The van der Waals surface area contributed by atoms with Gasteiger partial charge < -0.3 is 15.0 Å². The minimum atomic E-state index is -4.10. The second-order valence-electron chi connectivity index (χ2n) is 9.41. The van der Waals surface area contributed by atoms with E-state index in [-0.39, 0.29) is 34.6 Å². The molecule has 39 heavy (non-hydrogen) atoms. The van der Waals surface area contributed by atoms with Crippen LogP contribution in [-0.4, -0.2) is 40.0 Å². The van der Waals surface area contributed by atoms with Crippen LogP contribution in [0.25, 0.3) is 0 Å². The van der Waals surface area contributed by atoms with Gasteiger partial charge in [-0.3, -0.25) is 9.59 Å². The highest BCUT2D eigenvalue weighted by molar-refractivity contribution is 7.89. The molecule has 2 atom stereocenters. The number of carbonyl (C=O) groups is 2. The van der Waals surface area contributed by atoms with Crippen LogP contribution in [-0.2, 0) is 19.6 Å². The van der Waals surface area contributed by atoms with E-state index in [1.54, 1.807) is 32.0 Å². The second-order valence-corrected chi connectivity index (χ2v) is 11.1. The minimum Gasteiger partial charge on any atom is -0.466 e. The van der Waals surface area contributed by atoms with Crippen LogP contribution in [0.3, 0.4) is 0 Å². The molecule has 0 spiro atoms. The topological polar surface area (TPSA) is 105 Å². The van der Waals surface area contributed by atoms with E-state index in [4.69, 9.17) is 4.74 Å². The van der Waals surface area contributed by atoms with Gasteiger partial charge in [-0.25, -0.2) is 17.5 Å². The zero-order chi connectivity index (χ0) is 28.0. The first-order valence-electron chi connectivity index (χ1n) is 12.9. The zero-order valence-electron chi connectivity index (χ0n) is 21.9. The summed E-state index contributed by atoms with van der Waals surface area (Å²) in [4.78, 5) is 27.0. The molecular formula is C29H32FN3O5S. The van der Waals surface area contributed by atoms with Crippen LogP contribution in [0.1, 0.15) is 48.7 Å². The number of rotatable bonds is 9. The summed E-state index contributed by atoms with van der Waals surface area (Å²) >= 11 is 0. The molecule has 1 amide bonds.